The van der Waals surface area contributed by atoms with E-state index < -0.39 is 0 Å². The fourth-order valence-electron chi connectivity index (χ4n) is 3.69. The minimum absolute atomic E-state index is 0.0155. The summed E-state index contributed by atoms with van der Waals surface area (Å²) in [6.07, 6.45) is 3.59. The van der Waals surface area contributed by atoms with Crippen molar-refractivity contribution >= 4 is 17.3 Å². The predicted octanol–water partition coefficient (Wildman–Crippen LogP) is 2.34. The number of rotatable bonds is 6. The molecule has 3 aromatic heterocycles. The number of pyridine rings is 1. The molecule has 28 heavy (non-hydrogen) atoms. The van der Waals surface area contributed by atoms with Gasteiger partial charge in [-0.1, -0.05) is 12.1 Å². The number of nitrogens with zero attached hydrogens (tertiary/aromatic N) is 3. The van der Waals surface area contributed by atoms with E-state index in [0.717, 1.165) is 16.3 Å². The van der Waals surface area contributed by atoms with E-state index in [1.165, 1.54) is 0 Å². The molecular formula is C20H21N5O2S. The van der Waals surface area contributed by atoms with Crippen LogP contribution in [0.2, 0.25) is 0 Å². The van der Waals surface area contributed by atoms with Gasteiger partial charge in [-0.25, -0.2) is 9.97 Å². The minimum atomic E-state index is -0.0183. The number of thiophene rings is 1. The van der Waals surface area contributed by atoms with Crippen LogP contribution < -0.4 is 10.6 Å². The van der Waals surface area contributed by atoms with Crippen LogP contribution >= 0.6 is 11.3 Å². The smallest absolute Gasteiger partial charge is 0.223 e. The van der Waals surface area contributed by atoms with Gasteiger partial charge < -0.3 is 20.1 Å². The van der Waals surface area contributed by atoms with Crippen LogP contribution in [0.4, 0.5) is 5.95 Å². The summed E-state index contributed by atoms with van der Waals surface area (Å²) < 4.78 is 12.1. The quantitative estimate of drug-likeness (QED) is 0.663. The number of anilines is 1. The third-order valence-electron chi connectivity index (χ3n) is 5.07. The fourth-order valence-corrected chi connectivity index (χ4v) is 4.39. The third kappa shape index (κ3) is 3.64. The van der Waals surface area contributed by atoms with Gasteiger partial charge in [0.1, 0.15) is 12.2 Å². The molecule has 2 fully saturated rings. The van der Waals surface area contributed by atoms with E-state index in [0.29, 0.717) is 25.7 Å². The molecule has 0 amide bonds. The third-order valence-corrected chi connectivity index (χ3v) is 5.96. The van der Waals surface area contributed by atoms with E-state index in [2.05, 4.69) is 31.7 Å². The van der Waals surface area contributed by atoms with E-state index in [4.69, 9.17) is 9.47 Å². The van der Waals surface area contributed by atoms with Crippen LogP contribution in [0.5, 0.6) is 0 Å². The Balaban J connectivity index is 1.21. The van der Waals surface area contributed by atoms with E-state index in [1.54, 1.807) is 23.7 Å². The normalized spacial score (nSPS) is 26.3. The number of nitrogens with one attached hydrogen (secondary N) is 2. The highest BCUT2D eigenvalue weighted by atomic mass is 32.1. The van der Waals surface area contributed by atoms with E-state index in [9.17, 15) is 0 Å². The summed E-state index contributed by atoms with van der Waals surface area (Å²) in [4.78, 5) is 14.5. The van der Waals surface area contributed by atoms with Crippen molar-refractivity contribution in [3.63, 3.8) is 0 Å². The lowest BCUT2D eigenvalue weighted by atomic mass is 10.1. The number of ether oxygens (including phenoxy) is 2. The molecule has 5 rings (SSSR count). The summed E-state index contributed by atoms with van der Waals surface area (Å²) >= 11 is 1.67. The van der Waals surface area contributed by atoms with Crippen LogP contribution in [0.25, 0.3) is 10.6 Å². The second-order valence-electron chi connectivity index (χ2n) is 6.90. The van der Waals surface area contributed by atoms with Gasteiger partial charge in [0.15, 0.2) is 0 Å². The Labute approximate surface area is 167 Å². The van der Waals surface area contributed by atoms with Crippen molar-refractivity contribution in [3.8, 4) is 10.6 Å². The molecule has 0 saturated carbocycles. The molecule has 2 saturated heterocycles. The first-order valence-corrected chi connectivity index (χ1v) is 10.2. The minimum Gasteiger partial charge on any atom is -0.371 e. The Kier molecular flexibility index (Phi) is 5.01. The van der Waals surface area contributed by atoms with Gasteiger partial charge >= 0.3 is 0 Å². The molecule has 0 aromatic carbocycles. The molecule has 0 bridgehead atoms. The highest BCUT2D eigenvalue weighted by molar-refractivity contribution is 7.13. The van der Waals surface area contributed by atoms with Crippen LogP contribution in [0.3, 0.4) is 0 Å². The summed E-state index contributed by atoms with van der Waals surface area (Å²) in [5.41, 5.74) is 1.93. The lowest BCUT2D eigenvalue weighted by molar-refractivity contribution is 0.0674. The monoisotopic (exact) mass is 395 g/mol. The van der Waals surface area contributed by atoms with Crippen LogP contribution in [-0.4, -0.2) is 52.5 Å². The topological polar surface area (TPSA) is 81.2 Å². The first-order valence-electron chi connectivity index (χ1n) is 9.37. The molecule has 0 spiro atoms. The van der Waals surface area contributed by atoms with Gasteiger partial charge in [-0.05, 0) is 29.6 Å². The average Bonchev–Trinajstić information content (AvgIpc) is 3.47. The Morgan fingerprint density at radius 1 is 0.964 bits per heavy atom. The summed E-state index contributed by atoms with van der Waals surface area (Å²) in [6, 6.07) is 12.1. The molecular weight excluding hydrogens is 374 g/mol. The maximum absolute atomic E-state index is 6.04. The SMILES string of the molecule is c1ccc(CN[C@@H]2CO[C@@H]3[C@@H]2OC[C@@H]3Nc2nccc(-c3cccs3)n2)nc1. The molecule has 0 unspecified atom stereocenters. The molecule has 144 valence electrons. The Hall–Kier alpha value is -2.39. The molecule has 2 aliphatic heterocycles. The van der Waals surface area contributed by atoms with Crippen molar-refractivity contribution in [1.82, 2.24) is 20.3 Å². The molecule has 0 aliphatic carbocycles. The maximum atomic E-state index is 6.04. The molecule has 2 N–H and O–H groups in total. The van der Waals surface area contributed by atoms with Crippen LogP contribution in [-0.2, 0) is 16.0 Å². The van der Waals surface area contributed by atoms with E-state index in [1.807, 2.05) is 35.7 Å². The Morgan fingerprint density at radius 3 is 2.68 bits per heavy atom. The lowest BCUT2D eigenvalue weighted by Crippen LogP contribution is -2.42. The van der Waals surface area contributed by atoms with Gasteiger partial charge in [0.05, 0.1) is 41.6 Å². The van der Waals surface area contributed by atoms with Gasteiger partial charge in [-0.15, -0.1) is 11.3 Å². The molecule has 5 heterocycles. The molecule has 2 aliphatic rings. The number of hydrogen-bond donors (Lipinski definition) is 2. The standard InChI is InChI=1S/C20H21N5O2S/c1-2-7-21-13(4-1)10-23-15-11-26-19-16(12-27-18(15)19)25-20-22-8-6-14(24-20)17-5-3-9-28-17/h1-9,15-16,18-19,23H,10-12H2,(H,22,24,25)/t15-,16+,18-,19+/m1/s1. The van der Waals surface area contributed by atoms with Gasteiger partial charge in [-0.2, -0.15) is 0 Å². The zero-order valence-corrected chi connectivity index (χ0v) is 16.0. The largest absolute Gasteiger partial charge is 0.371 e. The van der Waals surface area contributed by atoms with Crippen molar-refractivity contribution in [2.45, 2.75) is 30.8 Å². The van der Waals surface area contributed by atoms with Crippen molar-refractivity contribution in [1.29, 1.82) is 0 Å². The van der Waals surface area contributed by atoms with E-state index >= 15 is 0 Å². The number of aromatic nitrogens is 3. The second kappa shape index (κ2) is 7.92. The molecule has 8 heteroatoms. The Bertz CT molecular complexity index is 908. The van der Waals surface area contributed by atoms with Crippen molar-refractivity contribution < 1.29 is 9.47 Å². The molecule has 4 atom stereocenters. The van der Waals surface area contributed by atoms with E-state index in [-0.39, 0.29) is 24.3 Å². The predicted molar refractivity (Wildman–Crippen MR) is 107 cm³/mol. The molecule has 7 nitrogen and oxygen atoms in total. The summed E-state index contributed by atoms with van der Waals surface area (Å²) in [5.74, 6) is 0.605. The van der Waals surface area contributed by atoms with Crippen LogP contribution in [0.15, 0.2) is 54.2 Å². The Morgan fingerprint density at radius 2 is 1.86 bits per heavy atom. The first kappa shape index (κ1) is 17.7. The van der Waals surface area contributed by atoms with Crippen molar-refractivity contribution in [2.75, 3.05) is 18.5 Å². The second-order valence-corrected chi connectivity index (χ2v) is 7.85. The highest BCUT2D eigenvalue weighted by Crippen LogP contribution is 2.29. The van der Waals surface area contributed by atoms with Crippen LogP contribution in [0.1, 0.15) is 5.69 Å². The van der Waals surface area contributed by atoms with Crippen molar-refractivity contribution in [3.05, 3.63) is 59.9 Å². The zero-order chi connectivity index (χ0) is 18.8. The lowest BCUT2D eigenvalue weighted by Gasteiger charge is -2.18. The number of fused-ring (bicyclic) bond motifs is 1. The van der Waals surface area contributed by atoms with Gasteiger partial charge in [0, 0.05) is 18.9 Å². The summed E-state index contributed by atoms with van der Waals surface area (Å²) in [6.45, 7) is 1.89. The first-order chi connectivity index (χ1) is 13.9. The summed E-state index contributed by atoms with van der Waals surface area (Å²) in [5, 5.41) is 8.96. The van der Waals surface area contributed by atoms with Crippen LogP contribution in [0, 0.1) is 0 Å². The molecule has 0 radical (unpaired) electrons. The molecule has 3 aromatic rings. The van der Waals surface area contributed by atoms with Gasteiger partial charge in [-0.3, -0.25) is 4.98 Å². The highest BCUT2D eigenvalue weighted by Gasteiger charge is 2.47. The fraction of sp³-hybridized carbons (Fsp3) is 0.350. The van der Waals surface area contributed by atoms with Gasteiger partial charge in [0.2, 0.25) is 5.95 Å². The van der Waals surface area contributed by atoms with Crippen molar-refractivity contribution in [2.24, 2.45) is 0 Å². The summed E-state index contributed by atoms with van der Waals surface area (Å²) in [7, 11) is 0. The maximum Gasteiger partial charge on any atom is 0.223 e. The number of hydrogen-bond acceptors (Lipinski definition) is 8. The average molecular weight is 395 g/mol. The zero-order valence-electron chi connectivity index (χ0n) is 15.2. The van der Waals surface area contributed by atoms with Gasteiger partial charge in [0.25, 0.3) is 0 Å².